The number of β-amino-alcohol motifs (C(OH)–C–C–N with tert-alkyl or cyclic N) is 1. The number of para-hydroxylation sites is 1. The van der Waals surface area contributed by atoms with Crippen LogP contribution in [0.1, 0.15) is 21.1 Å². The van der Waals surface area contributed by atoms with Crippen LogP contribution >= 0.6 is 22.9 Å². The molecular formula is C24H31ClN8O5S2. The Morgan fingerprint density at radius 3 is 2.67 bits per heavy atom. The van der Waals surface area contributed by atoms with Crippen LogP contribution in [0.3, 0.4) is 0 Å². The zero-order valence-electron chi connectivity index (χ0n) is 22.1. The van der Waals surface area contributed by atoms with Crippen LogP contribution in [0, 0.1) is 13.8 Å². The third-order valence-corrected chi connectivity index (χ3v) is 8.00. The Bertz CT molecular complexity index is 1430. The van der Waals surface area contributed by atoms with Crippen LogP contribution in [0.25, 0.3) is 0 Å². The first kappa shape index (κ1) is 30.0. The van der Waals surface area contributed by atoms with Crippen molar-refractivity contribution in [2.45, 2.75) is 13.8 Å². The van der Waals surface area contributed by atoms with Gasteiger partial charge < -0.3 is 15.3 Å². The van der Waals surface area contributed by atoms with Crippen molar-refractivity contribution in [3.05, 3.63) is 51.7 Å². The largest absolute Gasteiger partial charge is 0.395 e. The van der Waals surface area contributed by atoms with Crippen molar-refractivity contribution < 1.29 is 22.5 Å². The minimum Gasteiger partial charge on any atom is -0.395 e. The normalized spacial score (nSPS) is 14.4. The maximum atomic E-state index is 13.0. The maximum absolute atomic E-state index is 13.0. The number of halogens is 1. The Hall–Kier alpha value is -2.92. The van der Waals surface area contributed by atoms with Gasteiger partial charge in [-0.25, -0.2) is 20.1 Å². The third kappa shape index (κ3) is 7.84. The second-order valence-electron chi connectivity index (χ2n) is 9.04. The fourth-order valence-corrected chi connectivity index (χ4v) is 5.61. The molecule has 1 aliphatic heterocycles. The van der Waals surface area contributed by atoms with Gasteiger partial charge in [-0.3, -0.25) is 18.8 Å². The van der Waals surface area contributed by atoms with Gasteiger partial charge in [0.25, 0.3) is 5.91 Å². The van der Waals surface area contributed by atoms with Gasteiger partial charge in [-0.05, 0) is 25.5 Å². The first-order chi connectivity index (χ1) is 19.0. The topological polar surface area (TPSA) is 167 Å². The molecule has 3 aromatic rings. The summed E-state index contributed by atoms with van der Waals surface area (Å²) in [6, 6.07) is 7.12. The molecule has 2 aromatic heterocycles. The van der Waals surface area contributed by atoms with Gasteiger partial charge in [-0.1, -0.05) is 35.1 Å². The van der Waals surface area contributed by atoms with E-state index in [4.69, 9.17) is 20.9 Å². The summed E-state index contributed by atoms with van der Waals surface area (Å²) in [5, 5.41) is 17.9. The Morgan fingerprint density at radius 1 is 1.25 bits per heavy atom. The van der Waals surface area contributed by atoms with Gasteiger partial charge in [-0.2, -0.15) is 8.42 Å². The summed E-state index contributed by atoms with van der Waals surface area (Å²) in [6.45, 7) is 7.09. The second kappa shape index (κ2) is 13.2. The molecule has 40 heavy (non-hydrogen) atoms. The number of aromatic nitrogens is 3. The number of carbonyl (C=O) groups is 1. The lowest BCUT2D eigenvalue weighted by atomic mass is 10.2. The minimum atomic E-state index is -4.16. The van der Waals surface area contributed by atoms with E-state index in [2.05, 4.69) is 30.1 Å². The van der Waals surface area contributed by atoms with Gasteiger partial charge in [0.2, 0.25) is 0 Å². The number of nitrogens with one attached hydrogen (secondary N) is 1. The zero-order chi connectivity index (χ0) is 28.9. The lowest BCUT2D eigenvalue weighted by Gasteiger charge is -2.35. The van der Waals surface area contributed by atoms with E-state index in [1.165, 1.54) is 6.20 Å². The van der Waals surface area contributed by atoms with Crippen molar-refractivity contribution in [1.29, 1.82) is 0 Å². The minimum absolute atomic E-state index is 0.0365. The summed E-state index contributed by atoms with van der Waals surface area (Å²) < 4.78 is 27.6. The van der Waals surface area contributed by atoms with Crippen molar-refractivity contribution >= 4 is 61.6 Å². The molecule has 1 saturated heterocycles. The molecule has 1 aromatic carbocycles. The highest BCUT2D eigenvalue weighted by Gasteiger charge is 2.23. The first-order valence-corrected chi connectivity index (χ1v) is 15.1. The van der Waals surface area contributed by atoms with E-state index in [9.17, 15) is 18.3 Å². The quantitative estimate of drug-likeness (QED) is 0.290. The zero-order valence-corrected chi connectivity index (χ0v) is 24.5. The van der Waals surface area contributed by atoms with Crippen molar-refractivity contribution in [1.82, 2.24) is 19.9 Å². The summed E-state index contributed by atoms with van der Waals surface area (Å²) in [4.78, 5) is 32.9. The number of nitrogens with two attached hydrogens (primary N) is 1. The average molecular weight is 611 g/mol. The van der Waals surface area contributed by atoms with Crippen LogP contribution in [-0.2, 0) is 14.5 Å². The van der Waals surface area contributed by atoms with Crippen LogP contribution in [-0.4, -0.2) is 91.8 Å². The standard InChI is InChI=1S/C24H31ClN8O5S2/c1-16-4-3-5-18(25)22(16)30-23(35)19-15-27-24(39-19)33(11-13-38-40(26,36)37)21-14-20(28-17(2)29-21)32-8-6-31(7-9-32)10-12-34/h3-5,14-15,34H,6-13H2,1-2H3,(H,30,35)(H2,26,36,37). The number of aryl methyl sites for hydroxylation is 2. The highest BCUT2D eigenvalue weighted by molar-refractivity contribution is 7.84. The van der Waals surface area contributed by atoms with E-state index in [-0.39, 0.29) is 25.7 Å². The van der Waals surface area contributed by atoms with Gasteiger partial charge in [-0.15, -0.1) is 0 Å². The van der Waals surface area contributed by atoms with E-state index in [1.54, 1.807) is 30.0 Å². The Morgan fingerprint density at radius 2 is 2.00 bits per heavy atom. The van der Waals surface area contributed by atoms with Gasteiger partial charge in [0.15, 0.2) is 5.13 Å². The van der Waals surface area contributed by atoms with Gasteiger partial charge >= 0.3 is 10.3 Å². The number of carbonyl (C=O) groups excluding carboxylic acids is 1. The second-order valence-corrected chi connectivity index (χ2v) is 11.7. The lowest BCUT2D eigenvalue weighted by Crippen LogP contribution is -2.47. The summed E-state index contributed by atoms with van der Waals surface area (Å²) in [5.74, 6) is 1.28. The van der Waals surface area contributed by atoms with Crippen LogP contribution in [0.15, 0.2) is 30.5 Å². The van der Waals surface area contributed by atoms with Gasteiger partial charge in [0.1, 0.15) is 22.3 Å². The fraction of sp³-hybridized carbons (Fsp3) is 0.417. The highest BCUT2D eigenvalue weighted by atomic mass is 35.5. The Kier molecular flexibility index (Phi) is 9.89. The number of hydrogen-bond acceptors (Lipinski definition) is 12. The van der Waals surface area contributed by atoms with Crippen LogP contribution in [0.2, 0.25) is 5.02 Å². The molecule has 13 nitrogen and oxygen atoms in total. The van der Waals surface area contributed by atoms with Crippen molar-refractivity contribution in [3.8, 4) is 0 Å². The molecule has 3 heterocycles. The number of aliphatic hydroxyl groups is 1. The molecule has 4 rings (SSSR count). The number of piperazine rings is 1. The van der Waals surface area contributed by atoms with Gasteiger partial charge in [0.05, 0.1) is 36.7 Å². The third-order valence-electron chi connectivity index (χ3n) is 6.17. The summed E-state index contributed by atoms with van der Waals surface area (Å²) in [7, 11) is -4.16. The molecule has 0 atom stereocenters. The van der Waals surface area contributed by atoms with Crippen LogP contribution in [0.4, 0.5) is 22.5 Å². The highest BCUT2D eigenvalue weighted by Crippen LogP contribution is 2.32. The van der Waals surface area contributed by atoms with Crippen LogP contribution in [0.5, 0.6) is 0 Å². The van der Waals surface area contributed by atoms with E-state index >= 15 is 0 Å². The number of rotatable bonds is 11. The maximum Gasteiger partial charge on any atom is 0.333 e. The van der Waals surface area contributed by atoms with E-state index in [1.807, 2.05) is 13.0 Å². The molecule has 216 valence electrons. The molecular weight excluding hydrogens is 580 g/mol. The number of nitrogens with zero attached hydrogens (tertiary/aromatic N) is 6. The van der Waals surface area contributed by atoms with E-state index < -0.39 is 10.3 Å². The smallest absolute Gasteiger partial charge is 0.333 e. The first-order valence-electron chi connectivity index (χ1n) is 12.4. The van der Waals surface area contributed by atoms with Gasteiger partial charge in [0, 0.05) is 38.8 Å². The molecule has 1 aliphatic rings. The molecule has 0 bridgehead atoms. The number of aliphatic hydroxyl groups excluding tert-OH is 1. The molecule has 0 saturated carbocycles. The predicted molar refractivity (Wildman–Crippen MR) is 155 cm³/mol. The summed E-state index contributed by atoms with van der Waals surface area (Å²) in [6.07, 6.45) is 1.43. The predicted octanol–water partition coefficient (Wildman–Crippen LogP) is 1.93. The van der Waals surface area contributed by atoms with E-state index in [0.717, 1.165) is 30.0 Å². The lowest BCUT2D eigenvalue weighted by molar-refractivity contribution is 0.103. The molecule has 0 radical (unpaired) electrons. The number of thiazole rings is 1. The number of amides is 1. The van der Waals surface area contributed by atoms with Crippen LogP contribution < -0.4 is 20.3 Å². The van der Waals surface area contributed by atoms with Crippen molar-refractivity contribution in [3.63, 3.8) is 0 Å². The summed E-state index contributed by atoms with van der Waals surface area (Å²) >= 11 is 7.37. The molecule has 0 spiro atoms. The fourth-order valence-electron chi connectivity index (χ4n) is 4.19. The summed E-state index contributed by atoms with van der Waals surface area (Å²) in [5.41, 5.74) is 1.33. The number of anilines is 4. The van der Waals surface area contributed by atoms with Crippen molar-refractivity contribution in [2.75, 3.05) is 67.6 Å². The van der Waals surface area contributed by atoms with E-state index in [0.29, 0.717) is 57.8 Å². The molecule has 1 fully saturated rings. The number of hydrogen-bond donors (Lipinski definition) is 3. The molecule has 0 unspecified atom stereocenters. The van der Waals surface area contributed by atoms with Crippen molar-refractivity contribution in [2.24, 2.45) is 5.14 Å². The average Bonchev–Trinajstić information content (AvgIpc) is 3.38. The SMILES string of the molecule is Cc1nc(N2CCN(CCO)CC2)cc(N(CCOS(N)(=O)=O)c2ncc(C(=O)Nc3c(C)cccc3Cl)s2)n1. The molecule has 0 aliphatic carbocycles. The molecule has 1 amide bonds. The number of benzene rings is 1. The molecule has 4 N–H and O–H groups in total. The monoisotopic (exact) mass is 610 g/mol. The Labute approximate surface area is 241 Å². The molecule has 16 heteroatoms. The Balaban J connectivity index is 1.60.